The summed E-state index contributed by atoms with van der Waals surface area (Å²) < 4.78 is 14.3. The van der Waals surface area contributed by atoms with Gasteiger partial charge < -0.3 is 10.4 Å². The van der Waals surface area contributed by atoms with Gasteiger partial charge in [-0.3, -0.25) is 4.79 Å². The summed E-state index contributed by atoms with van der Waals surface area (Å²) in [4.78, 5) is 15.9. The quantitative estimate of drug-likeness (QED) is 0.849. The predicted molar refractivity (Wildman–Crippen MR) is 78.3 cm³/mol. The molecule has 0 saturated carbocycles. The van der Waals surface area contributed by atoms with E-state index in [1.165, 1.54) is 41.6 Å². The molecular weight excluding hydrogens is 287 g/mol. The van der Waals surface area contributed by atoms with Gasteiger partial charge in [0.25, 0.3) is 0 Å². The summed E-state index contributed by atoms with van der Waals surface area (Å²) in [6.07, 6.45) is 2.41. The van der Waals surface area contributed by atoms with Crippen molar-refractivity contribution >= 4 is 5.91 Å². The van der Waals surface area contributed by atoms with E-state index in [1.807, 2.05) is 0 Å². The normalized spacial score (nSPS) is 15.1. The van der Waals surface area contributed by atoms with Crippen LogP contribution in [-0.4, -0.2) is 31.8 Å². The van der Waals surface area contributed by atoms with Crippen LogP contribution < -0.4 is 5.32 Å². The van der Waals surface area contributed by atoms with Crippen LogP contribution in [0.1, 0.15) is 38.0 Å². The molecule has 2 rings (SSSR count). The van der Waals surface area contributed by atoms with Gasteiger partial charge in [0.15, 0.2) is 0 Å². The Morgan fingerprint density at radius 3 is 2.64 bits per heavy atom. The molecule has 2 N–H and O–H groups in total. The molecule has 118 valence electrons. The number of aromatic nitrogens is 3. The molecule has 0 bridgehead atoms. The zero-order valence-electron chi connectivity index (χ0n) is 12.5. The molecule has 1 aromatic carbocycles. The van der Waals surface area contributed by atoms with Crippen LogP contribution in [0.3, 0.4) is 0 Å². The number of hydrogen-bond acceptors (Lipinski definition) is 4. The molecule has 0 aliphatic heterocycles. The van der Waals surface area contributed by atoms with Crippen LogP contribution in [0.25, 0.3) is 0 Å². The smallest absolute Gasteiger partial charge is 0.244 e. The molecule has 0 fully saturated rings. The Kier molecular flexibility index (Phi) is 5.21. The van der Waals surface area contributed by atoms with Gasteiger partial charge in [0, 0.05) is 6.04 Å². The number of carbonyl (C=O) groups is 1. The van der Waals surface area contributed by atoms with Crippen LogP contribution in [0.4, 0.5) is 4.39 Å². The molecule has 0 saturated heterocycles. The van der Waals surface area contributed by atoms with Crippen molar-refractivity contribution in [3.8, 4) is 0 Å². The molecular formula is C15H19FN4O2. The Bertz CT molecular complexity index is 601. The van der Waals surface area contributed by atoms with E-state index in [0.717, 1.165) is 0 Å². The van der Waals surface area contributed by atoms with Crippen molar-refractivity contribution in [2.45, 2.75) is 38.5 Å². The Labute approximate surface area is 128 Å². The Hall–Kier alpha value is -2.28. The van der Waals surface area contributed by atoms with Crippen molar-refractivity contribution in [3.63, 3.8) is 0 Å². The van der Waals surface area contributed by atoms with Crippen LogP contribution in [0.15, 0.2) is 36.9 Å². The highest BCUT2D eigenvalue weighted by atomic mass is 19.1. The third-order valence-corrected chi connectivity index (χ3v) is 3.43. The average molecular weight is 306 g/mol. The second-order valence-electron chi connectivity index (χ2n) is 5.26. The van der Waals surface area contributed by atoms with Crippen LogP contribution in [0, 0.1) is 5.82 Å². The Morgan fingerprint density at radius 2 is 2.05 bits per heavy atom. The third-order valence-electron chi connectivity index (χ3n) is 3.43. The second-order valence-corrected chi connectivity index (χ2v) is 5.26. The fourth-order valence-electron chi connectivity index (χ4n) is 2.12. The highest BCUT2D eigenvalue weighted by Gasteiger charge is 2.19. The van der Waals surface area contributed by atoms with Gasteiger partial charge in [-0.2, -0.15) is 5.10 Å². The number of amides is 1. The second kappa shape index (κ2) is 7.13. The molecule has 3 unspecified atom stereocenters. The number of carbonyl (C=O) groups excluding carboxylic acids is 1. The Balaban J connectivity index is 1.88. The lowest BCUT2D eigenvalue weighted by Crippen LogP contribution is -2.38. The SMILES string of the molecule is CC(CC(O)c1ccc(F)cc1)NC(=O)C(C)n1cncn1. The molecule has 6 nitrogen and oxygen atoms in total. The molecule has 3 atom stereocenters. The first kappa shape index (κ1) is 16.1. The van der Waals surface area contributed by atoms with Gasteiger partial charge in [-0.25, -0.2) is 14.1 Å². The highest BCUT2D eigenvalue weighted by molar-refractivity contribution is 5.79. The van der Waals surface area contributed by atoms with Crippen LogP contribution in [-0.2, 0) is 4.79 Å². The van der Waals surface area contributed by atoms with Crippen LogP contribution in [0.2, 0.25) is 0 Å². The monoisotopic (exact) mass is 306 g/mol. The van der Waals surface area contributed by atoms with E-state index in [2.05, 4.69) is 15.4 Å². The molecule has 22 heavy (non-hydrogen) atoms. The molecule has 2 aromatic rings. The first-order valence-corrected chi connectivity index (χ1v) is 7.05. The van der Waals surface area contributed by atoms with Gasteiger partial charge in [0.2, 0.25) is 5.91 Å². The van der Waals surface area contributed by atoms with E-state index in [-0.39, 0.29) is 17.8 Å². The summed E-state index contributed by atoms with van der Waals surface area (Å²) in [5.74, 6) is -0.553. The summed E-state index contributed by atoms with van der Waals surface area (Å²) >= 11 is 0. The number of rotatable bonds is 6. The van der Waals surface area contributed by atoms with E-state index in [4.69, 9.17) is 0 Å². The minimum atomic E-state index is -0.766. The summed E-state index contributed by atoms with van der Waals surface area (Å²) in [5, 5.41) is 16.9. The number of hydrogen-bond donors (Lipinski definition) is 2. The largest absolute Gasteiger partial charge is 0.388 e. The molecule has 1 aromatic heterocycles. The maximum atomic E-state index is 12.9. The maximum Gasteiger partial charge on any atom is 0.244 e. The zero-order chi connectivity index (χ0) is 16.1. The lowest BCUT2D eigenvalue weighted by molar-refractivity contribution is -0.124. The zero-order valence-corrected chi connectivity index (χ0v) is 12.5. The van der Waals surface area contributed by atoms with Gasteiger partial charge in [0.1, 0.15) is 24.5 Å². The average Bonchev–Trinajstić information content (AvgIpc) is 3.00. The summed E-state index contributed by atoms with van der Waals surface area (Å²) in [6, 6.07) is 4.95. The molecule has 0 radical (unpaired) electrons. The minimum absolute atomic E-state index is 0.204. The maximum absolute atomic E-state index is 12.9. The van der Waals surface area contributed by atoms with E-state index in [1.54, 1.807) is 13.8 Å². The molecule has 0 spiro atoms. The number of benzene rings is 1. The summed E-state index contributed by atoms with van der Waals surface area (Å²) in [7, 11) is 0. The van der Waals surface area contributed by atoms with Crippen molar-refractivity contribution in [1.82, 2.24) is 20.1 Å². The van der Waals surface area contributed by atoms with Gasteiger partial charge in [0.05, 0.1) is 6.10 Å². The van der Waals surface area contributed by atoms with Crippen molar-refractivity contribution in [2.24, 2.45) is 0 Å². The van der Waals surface area contributed by atoms with Gasteiger partial charge in [-0.05, 0) is 38.0 Å². The topological polar surface area (TPSA) is 80.0 Å². The summed E-state index contributed by atoms with van der Waals surface area (Å²) in [6.45, 7) is 3.52. The van der Waals surface area contributed by atoms with Gasteiger partial charge in [-0.15, -0.1) is 0 Å². The van der Waals surface area contributed by atoms with Gasteiger partial charge >= 0.3 is 0 Å². The molecule has 1 heterocycles. The van der Waals surface area contributed by atoms with E-state index >= 15 is 0 Å². The minimum Gasteiger partial charge on any atom is -0.388 e. The molecule has 7 heteroatoms. The standard InChI is InChI=1S/C15H19FN4O2/c1-10(7-14(21)12-3-5-13(16)6-4-12)19-15(22)11(2)20-9-17-8-18-20/h3-6,8-11,14,21H,7H2,1-2H3,(H,19,22). The third kappa shape index (κ3) is 4.11. The Morgan fingerprint density at radius 1 is 1.36 bits per heavy atom. The number of nitrogens with zero attached hydrogens (tertiary/aromatic N) is 3. The fourth-order valence-corrected chi connectivity index (χ4v) is 2.12. The van der Waals surface area contributed by atoms with E-state index in [9.17, 15) is 14.3 Å². The molecule has 1 amide bonds. The summed E-state index contributed by atoms with van der Waals surface area (Å²) in [5.41, 5.74) is 0.617. The molecule has 0 aliphatic rings. The van der Waals surface area contributed by atoms with Crippen molar-refractivity contribution < 1.29 is 14.3 Å². The molecule has 0 aliphatic carbocycles. The van der Waals surface area contributed by atoms with Crippen LogP contribution in [0.5, 0.6) is 0 Å². The highest BCUT2D eigenvalue weighted by Crippen LogP contribution is 2.19. The number of nitrogens with one attached hydrogen (secondary N) is 1. The lowest BCUT2D eigenvalue weighted by atomic mass is 10.0. The van der Waals surface area contributed by atoms with Crippen LogP contribution >= 0.6 is 0 Å². The van der Waals surface area contributed by atoms with E-state index < -0.39 is 12.1 Å². The number of halogens is 1. The van der Waals surface area contributed by atoms with Gasteiger partial charge in [-0.1, -0.05) is 12.1 Å². The number of aliphatic hydroxyl groups is 1. The van der Waals surface area contributed by atoms with Crippen molar-refractivity contribution in [1.29, 1.82) is 0 Å². The van der Waals surface area contributed by atoms with E-state index in [0.29, 0.717) is 12.0 Å². The van der Waals surface area contributed by atoms with Crippen molar-refractivity contribution in [2.75, 3.05) is 0 Å². The first-order chi connectivity index (χ1) is 10.5. The first-order valence-electron chi connectivity index (χ1n) is 7.05. The van der Waals surface area contributed by atoms with Crippen molar-refractivity contribution in [3.05, 3.63) is 48.3 Å². The lowest BCUT2D eigenvalue weighted by Gasteiger charge is -2.20. The predicted octanol–water partition coefficient (Wildman–Crippen LogP) is 1.61. The fraction of sp³-hybridized carbons (Fsp3) is 0.400. The number of aliphatic hydroxyl groups excluding tert-OH is 1.